The number of carbonyl (C=O) groups excluding carboxylic acids is 1. The number of hydrogen-bond acceptors (Lipinski definition) is 6. The molecule has 0 spiro atoms. The lowest BCUT2D eigenvalue weighted by Gasteiger charge is -2.33. The number of benzene rings is 2. The first-order chi connectivity index (χ1) is 13.2. The molecule has 0 aliphatic carbocycles. The van der Waals surface area contributed by atoms with Gasteiger partial charge in [-0.15, -0.1) is 0 Å². The Bertz CT molecular complexity index is 908. The van der Waals surface area contributed by atoms with Crippen molar-refractivity contribution in [2.24, 2.45) is 5.73 Å². The maximum atomic E-state index is 12.4. The van der Waals surface area contributed by atoms with Crippen molar-refractivity contribution in [2.75, 3.05) is 13.2 Å². The number of hydrogen-bond donors (Lipinski definition) is 1. The molecule has 0 radical (unpaired) electrons. The predicted molar refractivity (Wildman–Crippen MR) is 98.2 cm³/mol. The second-order valence-corrected chi connectivity index (χ2v) is 6.40. The van der Waals surface area contributed by atoms with E-state index in [1.54, 1.807) is 4.90 Å². The molecule has 1 aliphatic heterocycles. The Morgan fingerprint density at radius 3 is 2.59 bits per heavy atom. The molecule has 0 unspecified atom stereocenters. The van der Waals surface area contributed by atoms with Crippen molar-refractivity contribution in [1.82, 2.24) is 15.0 Å². The van der Waals surface area contributed by atoms with Gasteiger partial charge >= 0.3 is 0 Å². The molecule has 0 saturated carbocycles. The average molecular weight is 364 g/mol. The number of rotatable bonds is 5. The first kappa shape index (κ1) is 17.4. The van der Waals surface area contributed by atoms with Crippen LogP contribution in [0.1, 0.15) is 23.1 Å². The van der Waals surface area contributed by atoms with Crippen molar-refractivity contribution < 1.29 is 14.1 Å². The lowest BCUT2D eigenvalue weighted by molar-refractivity contribution is -0.150. The summed E-state index contributed by atoms with van der Waals surface area (Å²) in [5.74, 6) is 0.755. The number of ether oxygens (including phenoxy) is 1. The van der Waals surface area contributed by atoms with E-state index in [2.05, 4.69) is 10.1 Å². The van der Waals surface area contributed by atoms with Crippen LogP contribution in [0.2, 0.25) is 0 Å². The summed E-state index contributed by atoms with van der Waals surface area (Å²) in [4.78, 5) is 18.7. The maximum Gasteiger partial charge on any atom is 0.252 e. The topological polar surface area (TPSA) is 94.5 Å². The van der Waals surface area contributed by atoms with Crippen LogP contribution >= 0.6 is 0 Å². The number of morpholine rings is 1. The van der Waals surface area contributed by atoms with Gasteiger partial charge in [0.1, 0.15) is 12.6 Å². The van der Waals surface area contributed by atoms with Gasteiger partial charge < -0.3 is 19.9 Å². The monoisotopic (exact) mass is 364 g/mol. The molecule has 7 heteroatoms. The molecule has 4 rings (SSSR count). The van der Waals surface area contributed by atoms with Crippen molar-refractivity contribution in [3.63, 3.8) is 0 Å². The van der Waals surface area contributed by atoms with Gasteiger partial charge in [-0.2, -0.15) is 4.98 Å². The second-order valence-electron chi connectivity index (χ2n) is 6.40. The minimum Gasteiger partial charge on any atom is -0.369 e. The first-order valence-electron chi connectivity index (χ1n) is 8.78. The van der Waals surface area contributed by atoms with Gasteiger partial charge in [0.25, 0.3) is 5.89 Å². The molecule has 3 aromatic rings. The van der Waals surface area contributed by atoms with Gasteiger partial charge in [0, 0.05) is 18.7 Å². The number of nitrogens with zero attached hydrogens (tertiary/aromatic N) is 3. The molecule has 1 aliphatic rings. The molecule has 1 fully saturated rings. The van der Waals surface area contributed by atoms with Gasteiger partial charge in [-0.05, 0) is 11.1 Å². The van der Waals surface area contributed by atoms with Crippen LogP contribution in [0.5, 0.6) is 0 Å². The number of amides is 1. The van der Waals surface area contributed by atoms with Gasteiger partial charge in [0.05, 0.1) is 6.61 Å². The predicted octanol–water partition coefficient (Wildman–Crippen LogP) is 2.30. The zero-order valence-corrected chi connectivity index (χ0v) is 14.7. The second kappa shape index (κ2) is 7.69. The molecular formula is C20H20N4O3. The molecular weight excluding hydrogens is 344 g/mol. The third kappa shape index (κ3) is 3.74. The molecule has 1 aromatic heterocycles. The van der Waals surface area contributed by atoms with Crippen LogP contribution in [-0.2, 0) is 22.6 Å². The van der Waals surface area contributed by atoms with E-state index in [9.17, 15) is 4.79 Å². The summed E-state index contributed by atoms with van der Waals surface area (Å²) in [5.41, 5.74) is 8.53. The summed E-state index contributed by atoms with van der Waals surface area (Å²) in [6, 6.07) is 17.1. The standard InChI is InChI=1S/C20H20N4O3/c21-10-14-6-8-16(9-7-14)19-22-20(27-23-19)17-12-26-13-18(25)24(17)11-15-4-2-1-3-5-15/h1-9,17H,10-13,21H2/t17-/m1/s1. The Kier molecular flexibility index (Phi) is 4.95. The summed E-state index contributed by atoms with van der Waals surface area (Å²) in [6.45, 7) is 1.33. The molecule has 2 heterocycles. The summed E-state index contributed by atoms with van der Waals surface area (Å²) < 4.78 is 10.9. The van der Waals surface area contributed by atoms with Gasteiger partial charge in [-0.1, -0.05) is 59.8 Å². The average Bonchev–Trinajstić information content (AvgIpc) is 3.20. The minimum atomic E-state index is -0.406. The number of aromatic nitrogens is 2. The first-order valence-corrected chi connectivity index (χ1v) is 8.78. The minimum absolute atomic E-state index is 0.0604. The van der Waals surface area contributed by atoms with Crippen LogP contribution in [0.15, 0.2) is 59.1 Å². The van der Waals surface area contributed by atoms with Crippen molar-refractivity contribution in [3.8, 4) is 11.4 Å². The van der Waals surface area contributed by atoms with E-state index in [-0.39, 0.29) is 12.5 Å². The third-order valence-electron chi connectivity index (χ3n) is 4.57. The molecule has 138 valence electrons. The quantitative estimate of drug-likeness (QED) is 0.746. The molecule has 2 N–H and O–H groups in total. The normalized spacial score (nSPS) is 17.3. The van der Waals surface area contributed by atoms with Gasteiger partial charge in [-0.3, -0.25) is 4.79 Å². The van der Waals surface area contributed by atoms with Crippen LogP contribution < -0.4 is 5.73 Å². The highest BCUT2D eigenvalue weighted by atomic mass is 16.5. The van der Waals surface area contributed by atoms with Crippen molar-refractivity contribution in [3.05, 3.63) is 71.6 Å². The van der Waals surface area contributed by atoms with Crippen molar-refractivity contribution in [2.45, 2.75) is 19.1 Å². The molecule has 27 heavy (non-hydrogen) atoms. The van der Waals surface area contributed by atoms with E-state index >= 15 is 0 Å². The van der Waals surface area contributed by atoms with Crippen LogP contribution in [0.3, 0.4) is 0 Å². The van der Waals surface area contributed by atoms with Gasteiger partial charge in [0.2, 0.25) is 11.7 Å². The molecule has 2 aromatic carbocycles. The van der Waals surface area contributed by atoms with E-state index < -0.39 is 6.04 Å². The zero-order valence-electron chi connectivity index (χ0n) is 14.7. The van der Waals surface area contributed by atoms with E-state index in [0.717, 1.165) is 16.7 Å². The lowest BCUT2D eigenvalue weighted by Crippen LogP contribution is -2.43. The Labute approximate surface area is 156 Å². The molecule has 7 nitrogen and oxygen atoms in total. The highest BCUT2D eigenvalue weighted by molar-refractivity contribution is 5.78. The van der Waals surface area contributed by atoms with Gasteiger partial charge in [0.15, 0.2) is 0 Å². The molecule has 1 atom stereocenters. The fraction of sp³-hybridized carbons (Fsp3) is 0.250. The summed E-state index contributed by atoms with van der Waals surface area (Å²) in [7, 11) is 0. The van der Waals surface area contributed by atoms with Gasteiger partial charge in [-0.25, -0.2) is 0 Å². The maximum absolute atomic E-state index is 12.4. The zero-order chi connectivity index (χ0) is 18.6. The van der Waals surface area contributed by atoms with E-state index in [4.69, 9.17) is 15.0 Å². The Morgan fingerprint density at radius 2 is 1.85 bits per heavy atom. The SMILES string of the molecule is NCc1ccc(-c2noc([C@H]3COCC(=O)N3Cc3ccccc3)n2)cc1. The molecule has 1 amide bonds. The van der Waals surface area contributed by atoms with E-state index in [1.165, 1.54) is 0 Å². The number of nitrogens with two attached hydrogens (primary N) is 1. The Balaban J connectivity index is 1.58. The van der Waals surface area contributed by atoms with Crippen LogP contribution in [0.25, 0.3) is 11.4 Å². The van der Waals surface area contributed by atoms with E-state index in [1.807, 2.05) is 54.6 Å². The highest BCUT2D eigenvalue weighted by Crippen LogP contribution is 2.27. The Morgan fingerprint density at radius 1 is 1.07 bits per heavy atom. The summed E-state index contributed by atoms with van der Waals surface area (Å²) in [5, 5.41) is 4.07. The summed E-state index contributed by atoms with van der Waals surface area (Å²) in [6.07, 6.45) is 0. The van der Waals surface area contributed by atoms with E-state index in [0.29, 0.717) is 31.4 Å². The largest absolute Gasteiger partial charge is 0.369 e. The summed E-state index contributed by atoms with van der Waals surface area (Å²) >= 11 is 0. The van der Waals surface area contributed by atoms with Crippen molar-refractivity contribution in [1.29, 1.82) is 0 Å². The van der Waals surface area contributed by atoms with Crippen LogP contribution in [0.4, 0.5) is 0 Å². The Hall–Kier alpha value is -3.03. The highest BCUT2D eigenvalue weighted by Gasteiger charge is 2.34. The number of carbonyl (C=O) groups is 1. The molecule has 1 saturated heterocycles. The fourth-order valence-electron chi connectivity index (χ4n) is 3.07. The van der Waals surface area contributed by atoms with Crippen LogP contribution in [-0.4, -0.2) is 34.2 Å². The van der Waals surface area contributed by atoms with Crippen molar-refractivity contribution >= 4 is 5.91 Å². The lowest BCUT2D eigenvalue weighted by atomic mass is 10.1. The fourth-order valence-corrected chi connectivity index (χ4v) is 3.07. The third-order valence-corrected chi connectivity index (χ3v) is 4.57. The smallest absolute Gasteiger partial charge is 0.252 e. The molecule has 0 bridgehead atoms. The van der Waals surface area contributed by atoms with Crippen LogP contribution in [0, 0.1) is 0 Å².